The normalized spacial score (nSPS) is 10.5. The van der Waals surface area contributed by atoms with E-state index in [0.29, 0.717) is 46.9 Å². The van der Waals surface area contributed by atoms with Crippen molar-refractivity contribution in [2.45, 2.75) is 23.1 Å². The van der Waals surface area contributed by atoms with E-state index in [9.17, 15) is 5.26 Å². The number of anilines is 1. The molecule has 4 aromatic carbocycles. The van der Waals surface area contributed by atoms with Crippen LogP contribution in [0.3, 0.4) is 0 Å². The third-order valence-corrected chi connectivity index (χ3v) is 6.91. The molecule has 1 aromatic heterocycles. The maximum atomic E-state index is 10.2. The van der Waals surface area contributed by atoms with Crippen LogP contribution in [-0.4, -0.2) is 17.1 Å². The summed E-state index contributed by atoms with van der Waals surface area (Å²) in [5.41, 5.74) is 3.81. The van der Waals surface area contributed by atoms with Crippen LogP contribution in [0.2, 0.25) is 0 Å². The molecule has 1 N–H and O–H groups in total. The molecule has 39 heavy (non-hydrogen) atoms. The van der Waals surface area contributed by atoms with Crippen molar-refractivity contribution in [3.05, 3.63) is 126 Å². The first-order valence-corrected chi connectivity index (χ1v) is 13.2. The van der Waals surface area contributed by atoms with E-state index in [4.69, 9.17) is 19.4 Å². The summed E-state index contributed by atoms with van der Waals surface area (Å²) in [6.07, 6.45) is 0. The lowest BCUT2D eigenvalue weighted by atomic mass is 10.1. The molecular formula is C32H26N4O2S. The average Bonchev–Trinajstić information content (AvgIpc) is 3.00. The van der Waals surface area contributed by atoms with Crippen LogP contribution in [0.5, 0.6) is 11.5 Å². The molecule has 7 heteroatoms. The van der Waals surface area contributed by atoms with Crippen LogP contribution in [0.1, 0.15) is 16.7 Å². The van der Waals surface area contributed by atoms with E-state index in [1.54, 1.807) is 7.11 Å². The van der Waals surface area contributed by atoms with Crippen molar-refractivity contribution in [3.63, 3.8) is 0 Å². The van der Waals surface area contributed by atoms with Crippen molar-refractivity contribution in [2.75, 3.05) is 12.4 Å². The maximum absolute atomic E-state index is 10.2. The standard InChI is InChI=1S/C32H26N4O2S/c1-37-29-19-25(17-18-28(29)38-22-24-13-7-3-8-14-24)30-27(20-33)31(39-26-15-9-4-10-16-26)36-32(35-30)34-21-23-11-5-2-6-12-23/h2-19H,21-22H2,1H3,(H,34,35,36). The number of aromatic nitrogens is 2. The Hall–Kier alpha value is -4.80. The number of nitrogens with one attached hydrogen (secondary N) is 1. The van der Waals surface area contributed by atoms with Gasteiger partial charge in [-0.15, -0.1) is 0 Å². The molecule has 5 rings (SSSR count). The maximum Gasteiger partial charge on any atom is 0.224 e. The molecule has 0 aliphatic carbocycles. The largest absolute Gasteiger partial charge is 0.493 e. The molecular weight excluding hydrogens is 504 g/mol. The van der Waals surface area contributed by atoms with Crippen LogP contribution in [0.15, 0.2) is 119 Å². The molecule has 5 aromatic rings. The van der Waals surface area contributed by atoms with Crippen molar-refractivity contribution < 1.29 is 9.47 Å². The predicted octanol–water partition coefficient (Wildman–Crippen LogP) is 7.37. The van der Waals surface area contributed by atoms with E-state index < -0.39 is 0 Å². The highest BCUT2D eigenvalue weighted by molar-refractivity contribution is 7.99. The smallest absolute Gasteiger partial charge is 0.224 e. The van der Waals surface area contributed by atoms with E-state index in [2.05, 4.69) is 11.4 Å². The van der Waals surface area contributed by atoms with Gasteiger partial charge in [-0.05, 0) is 41.5 Å². The number of methoxy groups -OCH3 is 1. The van der Waals surface area contributed by atoms with Crippen molar-refractivity contribution >= 4 is 17.7 Å². The molecule has 0 amide bonds. The first kappa shape index (κ1) is 25.8. The molecule has 0 aliphatic heterocycles. The zero-order valence-electron chi connectivity index (χ0n) is 21.4. The first-order valence-electron chi connectivity index (χ1n) is 12.4. The fourth-order valence-corrected chi connectivity index (χ4v) is 4.84. The Morgan fingerprint density at radius 1 is 0.795 bits per heavy atom. The Kier molecular flexibility index (Phi) is 8.37. The lowest BCUT2D eigenvalue weighted by Gasteiger charge is -2.15. The third kappa shape index (κ3) is 6.56. The first-order chi connectivity index (χ1) is 19.2. The number of hydrogen-bond acceptors (Lipinski definition) is 7. The molecule has 0 spiro atoms. The highest BCUT2D eigenvalue weighted by Gasteiger charge is 2.19. The Morgan fingerprint density at radius 3 is 2.13 bits per heavy atom. The highest BCUT2D eigenvalue weighted by Crippen LogP contribution is 2.37. The van der Waals surface area contributed by atoms with Crippen LogP contribution < -0.4 is 14.8 Å². The number of hydrogen-bond donors (Lipinski definition) is 1. The monoisotopic (exact) mass is 530 g/mol. The zero-order valence-corrected chi connectivity index (χ0v) is 22.2. The Bertz CT molecular complexity index is 1570. The van der Waals surface area contributed by atoms with Gasteiger partial charge in [-0.3, -0.25) is 0 Å². The topological polar surface area (TPSA) is 80.1 Å². The van der Waals surface area contributed by atoms with E-state index in [-0.39, 0.29) is 0 Å². The summed E-state index contributed by atoms with van der Waals surface area (Å²) in [5.74, 6) is 1.61. The summed E-state index contributed by atoms with van der Waals surface area (Å²) >= 11 is 1.43. The number of nitriles is 1. The van der Waals surface area contributed by atoms with Crippen molar-refractivity contribution in [1.82, 2.24) is 9.97 Å². The van der Waals surface area contributed by atoms with Crippen molar-refractivity contribution in [2.24, 2.45) is 0 Å². The molecule has 1 heterocycles. The fourth-order valence-electron chi connectivity index (χ4n) is 3.95. The Morgan fingerprint density at radius 2 is 1.46 bits per heavy atom. The summed E-state index contributed by atoms with van der Waals surface area (Å²) in [6, 6.07) is 37.8. The molecule has 0 bridgehead atoms. The second kappa shape index (κ2) is 12.6. The lowest BCUT2D eigenvalue weighted by molar-refractivity contribution is 0.284. The van der Waals surface area contributed by atoms with Gasteiger partial charge in [0, 0.05) is 17.0 Å². The van der Waals surface area contributed by atoms with Gasteiger partial charge in [0.15, 0.2) is 11.5 Å². The summed E-state index contributed by atoms with van der Waals surface area (Å²) in [4.78, 5) is 10.5. The number of rotatable bonds is 10. The SMILES string of the molecule is COc1cc(-c2nc(NCc3ccccc3)nc(Sc3ccccc3)c2C#N)ccc1OCc1ccccc1. The van der Waals surface area contributed by atoms with Crippen LogP contribution >= 0.6 is 11.8 Å². The summed E-state index contributed by atoms with van der Waals surface area (Å²) in [5, 5.41) is 14.1. The van der Waals surface area contributed by atoms with Crippen LogP contribution in [0.4, 0.5) is 5.95 Å². The van der Waals surface area contributed by atoms with E-state index in [0.717, 1.165) is 21.6 Å². The van der Waals surface area contributed by atoms with Crippen LogP contribution in [-0.2, 0) is 13.2 Å². The number of benzene rings is 4. The van der Waals surface area contributed by atoms with Gasteiger partial charge in [0.05, 0.1) is 12.8 Å². The Balaban J connectivity index is 1.50. The molecule has 0 radical (unpaired) electrons. The zero-order chi connectivity index (χ0) is 26.9. The molecule has 192 valence electrons. The van der Waals surface area contributed by atoms with E-state index in [1.807, 2.05) is 109 Å². The summed E-state index contributed by atoms with van der Waals surface area (Å²) in [6.45, 7) is 0.968. The van der Waals surface area contributed by atoms with E-state index in [1.165, 1.54) is 11.8 Å². The number of nitrogens with zero attached hydrogens (tertiary/aromatic N) is 3. The molecule has 0 saturated heterocycles. The highest BCUT2D eigenvalue weighted by atomic mass is 32.2. The minimum Gasteiger partial charge on any atom is -0.493 e. The molecule has 0 fully saturated rings. The van der Waals surface area contributed by atoms with Gasteiger partial charge in [-0.25, -0.2) is 9.97 Å². The molecule has 0 atom stereocenters. The Labute approximate surface area is 232 Å². The summed E-state index contributed by atoms with van der Waals surface area (Å²) in [7, 11) is 1.60. The molecule has 6 nitrogen and oxygen atoms in total. The molecule has 0 saturated carbocycles. The van der Waals surface area contributed by atoms with Gasteiger partial charge in [0.1, 0.15) is 23.3 Å². The quantitative estimate of drug-likeness (QED) is 0.189. The van der Waals surface area contributed by atoms with Gasteiger partial charge < -0.3 is 14.8 Å². The predicted molar refractivity (Wildman–Crippen MR) is 154 cm³/mol. The number of ether oxygens (including phenoxy) is 2. The second-order valence-electron chi connectivity index (χ2n) is 8.58. The second-order valence-corrected chi connectivity index (χ2v) is 9.64. The summed E-state index contributed by atoms with van der Waals surface area (Å²) < 4.78 is 11.7. The van der Waals surface area contributed by atoms with Crippen molar-refractivity contribution in [3.8, 4) is 28.8 Å². The van der Waals surface area contributed by atoms with Gasteiger partial charge in [0.2, 0.25) is 5.95 Å². The fraction of sp³-hybridized carbons (Fsp3) is 0.0938. The van der Waals surface area contributed by atoms with Crippen LogP contribution in [0.25, 0.3) is 11.3 Å². The van der Waals surface area contributed by atoms with Gasteiger partial charge >= 0.3 is 0 Å². The minimum absolute atomic E-state index is 0.397. The van der Waals surface area contributed by atoms with Gasteiger partial charge in [-0.1, -0.05) is 90.6 Å². The van der Waals surface area contributed by atoms with Crippen molar-refractivity contribution in [1.29, 1.82) is 5.26 Å². The van der Waals surface area contributed by atoms with Crippen LogP contribution in [0, 0.1) is 11.3 Å². The lowest BCUT2D eigenvalue weighted by Crippen LogP contribution is -2.07. The van der Waals surface area contributed by atoms with E-state index >= 15 is 0 Å². The average molecular weight is 531 g/mol. The van der Waals surface area contributed by atoms with Gasteiger partial charge in [-0.2, -0.15) is 5.26 Å². The molecule has 0 aliphatic rings. The molecule has 0 unspecified atom stereocenters. The van der Waals surface area contributed by atoms with Gasteiger partial charge in [0.25, 0.3) is 0 Å². The third-order valence-electron chi connectivity index (χ3n) is 5.91. The minimum atomic E-state index is 0.397.